The van der Waals surface area contributed by atoms with Crippen LogP contribution in [0.4, 0.5) is 0 Å². The second kappa shape index (κ2) is 4.87. The first-order valence-corrected chi connectivity index (χ1v) is 3.83. The molecule has 0 unspecified atom stereocenters. The van der Waals surface area contributed by atoms with Gasteiger partial charge in [0.2, 0.25) is 0 Å². The Balaban J connectivity index is 0.000000261. The molecular formula is C8H12O3S. The minimum absolute atomic E-state index is 0.833. The van der Waals surface area contributed by atoms with Crippen LogP contribution in [0.1, 0.15) is 18.4 Å². The van der Waals surface area contributed by atoms with Crippen LogP contribution in [0.2, 0.25) is 0 Å². The molecule has 0 aliphatic heterocycles. The van der Waals surface area contributed by atoms with Crippen molar-refractivity contribution in [3.8, 4) is 0 Å². The molecule has 12 heavy (non-hydrogen) atoms. The average molecular weight is 188 g/mol. The van der Waals surface area contributed by atoms with E-state index in [1.54, 1.807) is 0 Å². The van der Waals surface area contributed by atoms with Crippen LogP contribution in [0.15, 0.2) is 15.4 Å². The molecule has 0 aliphatic carbocycles. The van der Waals surface area contributed by atoms with Crippen LogP contribution >= 0.6 is 12.6 Å². The average Bonchev–Trinajstić information content (AvgIpc) is 2.08. The van der Waals surface area contributed by atoms with E-state index >= 15 is 0 Å². The lowest BCUT2D eigenvalue weighted by Crippen LogP contribution is -1.78. The van der Waals surface area contributed by atoms with E-state index in [0.717, 1.165) is 23.3 Å². The lowest BCUT2D eigenvalue weighted by atomic mass is 10.4. The number of hydrogen-bond acceptors (Lipinski definition) is 3. The SMILES string of the molecule is CC(=O)O.Cc1cc(S)c(C)o1. The molecule has 3 nitrogen and oxygen atoms in total. The van der Waals surface area contributed by atoms with Crippen LogP contribution in [0.25, 0.3) is 0 Å². The molecule has 0 spiro atoms. The summed E-state index contributed by atoms with van der Waals surface area (Å²) < 4.78 is 5.14. The first kappa shape index (κ1) is 11.1. The van der Waals surface area contributed by atoms with E-state index in [0.29, 0.717) is 0 Å². The monoisotopic (exact) mass is 188 g/mol. The molecular weight excluding hydrogens is 176 g/mol. The first-order chi connectivity index (χ1) is 5.43. The number of carbonyl (C=O) groups is 1. The van der Waals surface area contributed by atoms with Gasteiger partial charge in [-0.05, 0) is 19.9 Å². The molecule has 0 atom stereocenters. The van der Waals surface area contributed by atoms with E-state index in [1.165, 1.54) is 0 Å². The van der Waals surface area contributed by atoms with Gasteiger partial charge in [-0.25, -0.2) is 0 Å². The predicted octanol–water partition coefficient (Wildman–Crippen LogP) is 2.28. The lowest BCUT2D eigenvalue weighted by Gasteiger charge is -1.79. The Morgan fingerprint density at radius 1 is 1.58 bits per heavy atom. The molecule has 0 amide bonds. The van der Waals surface area contributed by atoms with Gasteiger partial charge in [0.05, 0.1) is 0 Å². The van der Waals surface area contributed by atoms with Gasteiger partial charge >= 0.3 is 0 Å². The van der Waals surface area contributed by atoms with Gasteiger partial charge in [-0.3, -0.25) is 4.79 Å². The maximum absolute atomic E-state index is 9.00. The van der Waals surface area contributed by atoms with Crippen molar-refractivity contribution in [2.24, 2.45) is 0 Å². The molecule has 1 aromatic rings. The Kier molecular flexibility index (Phi) is 4.51. The number of thiol groups is 1. The third-order valence-corrected chi connectivity index (χ3v) is 1.46. The fourth-order valence-electron chi connectivity index (χ4n) is 0.617. The highest BCUT2D eigenvalue weighted by atomic mass is 32.1. The molecule has 1 rings (SSSR count). The zero-order chi connectivity index (χ0) is 9.72. The maximum Gasteiger partial charge on any atom is 0.300 e. The summed E-state index contributed by atoms with van der Waals surface area (Å²) >= 11 is 4.12. The molecule has 68 valence electrons. The largest absolute Gasteiger partial charge is 0.481 e. The second-order valence-electron chi connectivity index (χ2n) is 2.32. The molecule has 0 bridgehead atoms. The Morgan fingerprint density at radius 3 is 2.08 bits per heavy atom. The number of hydrogen-bond donors (Lipinski definition) is 2. The van der Waals surface area contributed by atoms with Crippen LogP contribution < -0.4 is 0 Å². The number of aryl methyl sites for hydroxylation is 2. The van der Waals surface area contributed by atoms with Crippen LogP contribution in [-0.2, 0) is 4.79 Å². The minimum Gasteiger partial charge on any atom is -0.481 e. The summed E-state index contributed by atoms with van der Waals surface area (Å²) in [6.07, 6.45) is 0. The van der Waals surface area contributed by atoms with Gasteiger partial charge in [0.15, 0.2) is 0 Å². The normalized spacial score (nSPS) is 8.67. The van der Waals surface area contributed by atoms with Crippen molar-refractivity contribution < 1.29 is 14.3 Å². The van der Waals surface area contributed by atoms with Crippen LogP contribution in [0.5, 0.6) is 0 Å². The Labute approximate surface area is 76.8 Å². The summed E-state index contributed by atoms with van der Waals surface area (Å²) in [5, 5.41) is 7.42. The highest BCUT2D eigenvalue weighted by molar-refractivity contribution is 7.80. The Bertz CT molecular complexity index is 242. The molecule has 1 N–H and O–H groups in total. The van der Waals surface area contributed by atoms with Gasteiger partial charge in [0.1, 0.15) is 11.5 Å². The molecule has 0 saturated carbocycles. The predicted molar refractivity (Wildman–Crippen MR) is 48.7 cm³/mol. The topological polar surface area (TPSA) is 50.4 Å². The van der Waals surface area contributed by atoms with E-state index < -0.39 is 5.97 Å². The molecule has 1 heterocycles. The molecule has 1 aromatic heterocycles. The summed E-state index contributed by atoms with van der Waals surface area (Å²) in [6.45, 7) is 4.89. The van der Waals surface area contributed by atoms with Crippen LogP contribution in [-0.4, -0.2) is 11.1 Å². The molecule has 0 radical (unpaired) electrons. The zero-order valence-corrected chi connectivity index (χ0v) is 8.18. The first-order valence-electron chi connectivity index (χ1n) is 3.39. The summed E-state index contributed by atoms with van der Waals surface area (Å²) in [7, 11) is 0. The fraction of sp³-hybridized carbons (Fsp3) is 0.375. The quantitative estimate of drug-likeness (QED) is 0.614. The van der Waals surface area contributed by atoms with Crippen molar-refractivity contribution in [2.45, 2.75) is 25.7 Å². The molecule has 0 aliphatic rings. The lowest BCUT2D eigenvalue weighted by molar-refractivity contribution is -0.134. The zero-order valence-electron chi connectivity index (χ0n) is 7.29. The smallest absolute Gasteiger partial charge is 0.300 e. The van der Waals surface area contributed by atoms with Gasteiger partial charge < -0.3 is 9.52 Å². The maximum atomic E-state index is 9.00. The number of rotatable bonds is 0. The van der Waals surface area contributed by atoms with Crippen molar-refractivity contribution >= 4 is 18.6 Å². The second-order valence-corrected chi connectivity index (χ2v) is 2.80. The Morgan fingerprint density at radius 2 is 2.00 bits per heavy atom. The van der Waals surface area contributed by atoms with Crippen molar-refractivity contribution in [2.75, 3.05) is 0 Å². The highest BCUT2D eigenvalue weighted by Gasteiger charge is 1.96. The van der Waals surface area contributed by atoms with Gasteiger partial charge in [0.25, 0.3) is 5.97 Å². The van der Waals surface area contributed by atoms with E-state index in [4.69, 9.17) is 14.3 Å². The number of furan rings is 1. The highest BCUT2D eigenvalue weighted by Crippen LogP contribution is 2.16. The van der Waals surface area contributed by atoms with Crippen molar-refractivity contribution in [1.82, 2.24) is 0 Å². The van der Waals surface area contributed by atoms with E-state index in [-0.39, 0.29) is 0 Å². The minimum atomic E-state index is -0.833. The number of carboxylic acids is 1. The van der Waals surface area contributed by atoms with E-state index in [1.807, 2.05) is 19.9 Å². The fourth-order valence-corrected chi connectivity index (χ4v) is 0.845. The molecule has 4 heteroatoms. The van der Waals surface area contributed by atoms with E-state index in [9.17, 15) is 0 Å². The molecule has 0 saturated heterocycles. The Hall–Kier alpha value is -0.900. The van der Waals surface area contributed by atoms with Crippen LogP contribution in [0, 0.1) is 13.8 Å². The molecule has 0 fully saturated rings. The van der Waals surface area contributed by atoms with Crippen molar-refractivity contribution in [1.29, 1.82) is 0 Å². The van der Waals surface area contributed by atoms with Gasteiger partial charge in [-0.2, -0.15) is 0 Å². The van der Waals surface area contributed by atoms with E-state index in [2.05, 4.69) is 12.6 Å². The summed E-state index contributed by atoms with van der Waals surface area (Å²) in [4.78, 5) is 9.93. The summed E-state index contributed by atoms with van der Waals surface area (Å²) in [5.41, 5.74) is 0. The summed E-state index contributed by atoms with van der Waals surface area (Å²) in [5.74, 6) is 0.985. The third-order valence-electron chi connectivity index (χ3n) is 1.01. The van der Waals surface area contributed by atoms with Gasteiger partial charge in [-0.1, -0.05) is 0 Å². The van der Waals surface area contributed by atoms with Crippen molar-refractivity contribution in [3.05, 3.63) is 17.6 Å². The standard InChI is InChI=1S/C6H8OS.C2H4O2/c1-4-3-6(8)5(2)7-4;1-2(3)4/h3,8H,1-2H3;1H3,(H,3,4). The summed E-state index contributed by atoms with van der Waals surface area (Å²) in [6, 6.07) is 1.90. The van der Waals surface area contributed by atoms with Crippen molar-refractivity contribution in [3.63, 3.8) is 0 Å². The number of carboxylic acid groups (broad SMARTS) is 1. The number of aliphatic carboxylic acids is 1. The molecule has 0 aromatic carbocycles. The van der Waals surface area contributed by atoms with Crippen LogP contribution in [0.3, 0.4) is 0 Å². The van der Waals surface area contributed by atoms with Gasteiger partial charge in [0, 0.05) is 11.8 Å². The van der Waals surface area contributed by atoms with Gasteiger partial charge in [-0.15, -0.1) is 12.6 Å². The third kappa shape index (κ3) is 4.85.